The van der Waals surface area contributed by atoms with Crippen LogP contribution in [0.15, 0.2) is 45.4 Å². The molecule has 2 aliphatic heterocycles. The lowest BCUT2D eigenvalue weighted by Crippen LogP contribution is -2.50. The first kappa shape index (κ1) is 22.4. The molecule has 3 aromatic rings. The predicted molar refractivity (Wildman–Crippen MR) is 122 cm³/mol. The molecule has 0 radical (unpaired) electrons. The van der Waals surface area contributed by atoms with Crippen molar-refractivity contribution in [1.82, 2.24) is 24.9 Å². The lowest BCUT2D eigenvalue weighted by Gasteiger charge is -2.35. The Morgan fingerprint density at radius 1 is 1.09 bits per heavy atom. The number of carbonyl (C=O) groups excluding carboxylic acids is 1. The molecular formula is C24H29N5O5. The first-order valence-electron chi connectivity index (χ1n) is 11.6. The van der Waals surface area contributed by atoms with Gasteiger partial charge in [0.15, 0.2) is 17.3 Å². The van der Waals surface area contributed by atoms with Crippen molar-refractivity contribution in [2.24, 2.45) is 0 Å². The third-order valence-electron chi connectivity index (χ3n) is 6.02. The summed E-state index contributed by atoms with van der Waals surface area (Å²) in [5.41, 5.74) is 1.19. The van der Waals surface area contributed by atoms with Crippen LogP contribution in [0.1, 0.15) is 24.8 Å². The van der Waals surface area contributed by atoms with Gasteiger partial charge in [0.25, 0.3) is 5.89 Å². The van der Waals surface area contributed by atoms with Crippen LogP contribution in [0, 0.1) is 0 Å². The third-order valence-corrected chi connectivity index (χ3v) is 6.02. The molecular weight excluding hydrogens is 438 g/mol. The minimum Gasteiger partial charge on any atom is -0.459 e. The van der Waals surface area contributed by atoms with Crippen molar-refractivity contribution in [3.8, 4) is 23.1 Å². The molecule has 0 bridgehead atoms. The van der Waals surface area contributed by atoms with Crippen LogP contribution in [0.25, 0.3) is 11.7 Å². The number of rotatable bonds is 9. The maximum absolute atomic E-state index is 13.0. The highest BCUT2D eigenvalue weighted by molar-refractivity contribution is 5.78. The summed E-state index contributed by atoms with van der Waals surface area (Å²) in [7, 11) is 0. The number of benzene rings is 1. The Kier molecular flexibility index (Phi) is 6.77. The van der Waals surface area contributed by atoms with Gasteiger partial charge in [0.05, 0.1) is 19.4 Å². The van der Waals surface area contributed by atoms with E-state index in [1.807, 2.05) is 17.0 Å². The quantitative estimate of drug-likeness (QED) is 0.470. The number of hydrogen-bond acceptors (Lipinski definition) is 9. The maximum Gasteiger partial charge on any atom is 0.283 e. The molecule has 1 saturated heterocycles. The second-order valence-electron chi connectivity index (χ2n) is 8.53. The van der Waals surface area contributed by atoms with Crippen molar-refractivity contribution >= 4 is 5.91 Å². The van der Waals surface area contributed by atoms with E-state index in [4.69, 9.17) is 18.3 Å². The predicted octanol–water partition coefficient (Wildman–Crippen LogP) is 2.61. The minimum absolute atomic E-state index is 0.127. The molecule has 1 aromatic carbocycles. The summed E-state index contributed by atoms with van der Waals surface area (Å²) in [6.45, 7) is 7.84. The fourth-order valence-corrected chi connectivity index (χ4v) is 4.28. The molecule has 1 fully saturated rings. The lowest BCUT2D eigenvalue weighted by molar-refractivity contribution is -0.134. The number of nitrogens with zero attached hydrogens (tertiary/aromatic N) is 5. The Morgan fingerprint density at radius 2 is 1.94 bits per heavy atom. The number of aromatic nitrogens is 2. The Labute approximate surface area is 198 Å². The summed E-state index contributed by atoms with van der Waals surface area (Å²) in [5, 5.41) is 8.17. The van der Waals surface area contributed by atoms with E-state index in [1.54, 1.807) is 18.4 Å². The first-order chi connectivity index (χ1) is 16.7. The Balaban J connectivity index is 1.11. The summed E-state index contributed by atoms with van der Waals surface area (Å²) in [4.78, 5) is 19.4. The van der Waals surface area contributed by atoms with Crippen LogP contribution < -0.4 is 9.47 Å². The topological polar surface area (TPSA) is 97.3 Å². The molecule has 0 saturated carbocycles. The molecule has 0 N–H and O–H groups in total. The molecule has 34 heavy (non-hydrogen) atoms. The van der Waals surface area contributed by atoms with Gasteiger partial charge in [-0.15, -0.1) is 10.2 Å². The van der Waals surface area contributed by atoms with Gasteiger partial charge in [-0.3, -0.25) is 14.6 Å². The molecule has 5 rings (SSSR count). The van der Waals surface area contributed by atoms with Gasteiger partial charge >= 0.3 is 0 Å². The minimum atomic E-state index is 0.127. The van der Waals surface area contributed by atoms with Crippen LogP contribution in [0.2, 0.25) is 0 Å². The van der Waals surface area contributed by atoms with Gasteiger partial charge in [0.1, 0.15) is 0 Å². The fourth-order valence-electron chi connectivity index (χ4n) is 4.28. The molecule has 0 spiro atoms. The van der Waals surface area contributed by atoms with Crippen molar-refractivity contribution in [2.75, 3.05) is 46.1 Å². The van der Waals surface area contributed by atoms with E-state index in [9.17, 15) is 4.79 Å². The van der Waals surface area contributed by atoms with Crippen LogP contribution >= 0.6 is 0 Å². The van der Waals surface area contributed by atoms with E-state index in [2.05, 4.69) is 33.0 Å². The summed E-state index contributed by atoms with van der Waals surface area (Å²) in [5.74, 6) is 3.09. The normalized spacial score (nSPS) is 15.9. The van der Waals surface area contributed by atoms with E-state index in [0.717, 1.165) is 44.1 Å². The van der Waals surface area contributed by atoms with Crippen molar-refractivity contribution < 1.29 is 23.1 Å². The Hall–Kier alpha value is -3.37. The van der Waals surface area contributed by atoms with Crippen molar-refractivity contribution in [2.45, 2.75) is 26.4 Å². The van der Waals surface area contributed by atoms with Crippen LogP contribution in [0.5, 0.6) is 11.5 Å². The molecule has 0 aliphatic carbocycles. The number of amides is 1. The van der Waals surface area contributed by atoms with Gasteiger partial charge < -0.3 is 23.2 Å². The highest BCUT2D eigenvalue weighted by Crippen LogP contribution is 2.32. The van der Waals surface area contributed by atoms with E-state index in [1.165, 1.54) is 5.56 Å². The number of carbonyl (C=O) groups is 1. The summed E-state index contributed by atoms with van der Waals surface area (Å²) in [6.07, 6.45) is 2.49. The standard InChI is InChI=1S/C24H29N5O5/c1-2-7-28(15-22-25-26-24(34-22)20-4-3-12-31-20)16-23(30)29-10-8-27(9-11-29)14-18-5-6-19-21(13-18)33-17-32-19/h3-6,12-13H,2,7-11,14-17H2,1H3. The average molecular weight is 468 g/mol. The number of ether oxygens (including phenoxy) is 2. The van der Waals surface area contributed by atoms with E-state index < -0.39 is 0 Å². The van der Waals surface area contributed by atoms with Gasteiger partial charge in [-0.2, -0.15) is 0 Å². The van der Waals surface area contributed by atoms with Crippen LogP contribution in [0.4, 0.5) is 0 Å². The number of hydrogen-bond donors (Lipinski definition) is 0. The Morgan fingerprint density at radius 3 is 2.74 bits per heavy atom. The monoisotopic (exact) mass is 467 g/mol. The van der Waals surface area contributed by atoms with Crippen molar-refractivity contribution in [3.05, 3.63) is 48.0 Å². The SMILES string of the molecule is CCCN(CC(=O)N1CCN(Cc2ccc3c(c2)OCO3)CC1)Cc1nnc(-c2ccco2)o1. The number of fused-ring (bicyclic) bond motifs is 1. The van der Waals surface area contributed by atoms with Crippen LogP contribution in [-0.4, -0.2) is 76.9 Å². The third kappa shape index (κ3) is 5.23. The molecule has 1 amide bonds. The lowest BCUT2D eigenvalue weighted by atomic mass is 10.1. The summed E-state index contributed by atoms with van der Waals surface area (Å²) < 4.78 is 21.9. The van der Waals surface area contributed by atoms with Gasteiger partial charge in [0.2, 0.25) is 18.6 Å². The van der Waals surface area contributed by atoms with Crippen molar-refractivity contribution in [3.63, 3.8) is 0 Å². The van der Waals surface area contributed by atoms with Crippen LogP contribution in [-0.2, 0) is 17.9 Å². The highest BCUT2D eigenvalue weighted by atomic mass is 16.7. The molecule has 10 heteroatoms. The van der Waals surface area contributed by atoms with E-state index in [0.29, 0.717) is 43.7 Å². The molecule has 10 nitrogen and oxygen atoms in total. The molecule has 0 atom stereocenters. The van der Waals surface area contributed by atoms with Gasteiger partial charge in [-0.1, -0.05) is 13.0 Å². The fraction of sp³-hybridized carbons (Fsp3) is 0.458. The molecule has 180 valence electrons. The zero-order chi connectivity index (χ0) is 23.3. The first-order valence-corrected chi connectivity index (χ1v) is 11.6. The smallest absolute Gasteiger partial charge is 0.283 e. The van der Waals surface area contributed by atoms with Gasteiger partial charge in [0, 0.05) is 32.7 Å². The average Bonchev–Trinajstić information content (AvgIpc) is 3.61. The summed E-state index contributed by atoms with van der Waals surface area (Å²) in [6, 6.07) is 9.62. The second-order valence-corrected chi connectivity index (χ2v) is 8.53. The highest BCUT2D eigenvalue weighted by Gasteiger charge is 2.24. The summed E-state index contributed by atoms with van der Waals surface area (Å²) >= 11 is 0. The van der Waals surface area contributed by atoms with Gasteiger partial charge in [-0.05, 0) is 42.8 Å². The van der Waals surface area contributed by atoms with E-state index in [-0.39, 0.29) is 12.7 Å². The zero-order valence-electron chi connectivity index (χ0n) is 19.3. The van der Waals surface area contributed by atoms with Crippen LogP contribution in [0.3, 0.4) is 0 Å². The van der Waals surface area contributed by atoms with Crippen molar-refractivity contribution in [1.29, 1.82) is 0 Å². The molecule has 0 unspecified atom stereocenters. The largest absolute Gasteiger partial charge is 0.459 e. The molecule has 2 aromatic heterocycles. The van der Waals surface area contributed by atoms with Gasteiger partial charge in [-0.25, -0.2) is 0 Å². The number of piperazine rings is 1. The molecule has 2 aliphatic rings. The number of furan rings is 1. The molecule has 4 heterocycles. The Bertz CT molecular complexity index is 1090. The zero-order valence-corrected chi connectivity index (χ0v) is 19.3. The second kappa shape index (κ2) is 10.3. The maximum atomic E-state index is 13.0. The van der Waals surface area contributed by atoms with E-state index >= 15 is 0 Å².